The van der Waals surface area contributed by atoms with E-state index >= 15 is 0 Å². The normalized spacial score (nSPS) is 26.9. The van der Waals surface area contributed by atoms with Crippen LogP contribution in [0.25, 0.3) is 10.8 Å². The zero-order valence-electron chi connectivity index (χ0n) is 9.89. The maximum atomic E-state index is 9.71. The third-order valence-corrected chi connectivity index (χ3v) is 3.53. The van der Waals surface area contributed by atoms with Crippen LogP contribution in [-0.4, -0.2) is 31.9 Å². The van der Waals surface area contributed by atoms with Crippen LogP contribution >= 0.6 is 11.6 Å². The monoisotopic (exact) mass is 264 g/mol. The number of fused-ring (bicyclic) bond motifs is 1. The maximum Gasteiger partial charge on any atom is 0.159 e. The summed E-state index contributed by atoms with van der Waals surface area (Å²) >= 11 is 5.99. The molecule has 1 saturated carbocycles. The number of halogens is 1. The largest absolute Gasteiger partial charge is 0.390 e. The van der Waals surface area contributed by atoms with Gasteiger partial charge in [0.15, 0.2) is 11.0 Å². The molecule has 94 valence electrons. The van der Waals surface area contributed by atoms with Gasteiger partial charge in [0.1, 0.15) is 0 Å². The summed E-state index contributed by atoms with van der Waals surface area (Å²) in [6.45, 7) is 1.83. The Balaban J connectivity index is 1.91. The summed E-state index contributed by atoms with van der Waals surface area (Å²) in [6.07, 6.45) is 4.81. The van der Waals surface area contributed by atoms with Crippen molar-refractivity contribution in [2.45, 2.75) is 31.4 Å². The highest BCUT2D eigenvalue weighted by Gasteiger charge is 2.38. The van der Waals surface area contributed by atoms with E-state index in [2.05, 4.69) is 20.5 Å². The molecule has 0 spiro atoms. The first-order chi connectivity index (χ1) is 8.55. The molecule has 0 atom stereocenters. The lowest BCUT2D eigenvalue weighted by Gasteiger charge is -2.41. The highest BCUT2D eigenvalue weighted by atomic mass is 35.5. The first kappa shape index (κ1) is 11.6. The first-order valence-electron chi connectivity index (χ1n) is 5.80. The summed E-state index contributed by atoms with van der Waals surface area (Å²) in [5.41, 5.74) is -0.564. The Morgan fingerprint density at radius 2 is 2.17 bits per heavy atom. The van der Waals surface area contributed by atoms with Crippen LogP contribution in [0.4, 0.5) is 5.82 Å². The van der Waals surface area contributed by atoms with Gasteiger partial charge in [0, 0.05) is 29.2 Å². The van der Waals surface area contributed by atoms with Crippen LogP contribution in [0, 0.1) is 0 Å². The molecule has 2 aromatic heterocycles. The second-order valence-corrected chi connectivity index (χ2v) is 5.37. The van der Waals surface area contributed by atoms with Gasteiger partial charge < -0.3 is 10.4 Å². The molecule has 0 aromatic carbocycles. The fourth-order valence-electron chi connectivity index (χ4n) is 2.37. The SMILES string of the molecule is C[C@]1(O)C[C@@H](Nc2nnc(Cl)c3ccncc23)C1. The van der Waals surface area contributed by atoms with E-state index in [1.807, 2.05) is 13.0 Å². The van der Waals surface area contributed by atoms with Crippen molar-refractivity contribution >= 4 is 28.2 Å². The van der Waals surface area contributed by atoms with E-state index in [9.17, 15) is 5.11 Å². The van der Waals surface area contributed by atoms with E-state index in [0.29, 0.717) is 23.8 Å². The minimum atomic E-state index is -0.564. The van der Waals surface area contributed by atoms with Crippen LogP contribution in [0.1, 0.15) is 19.8 Å². The summed E-state index contributed by atoms with van der Waals surface area (Å²) in [4.78, 5) is 4.08. The molecule has 1 aliphatic carbocycles. The molecular formula is C12H13ClN4O. The van der Waals surface area contributed by atoms with Crippen molar-refractivity contribution in [2.24, 2.45) is 0 Å². The lowest BCUT2D eigenvalue weighted by atomic mass is 9.77. The van der Waals surface area contributed by atoms with Gasteiger partial charge in [-0.1, -0.05) is 11.6 Å². The second kappa shape index (κ2) is 4.03. The van der Waals surface area contributed by atoms with Crippen LogP contribution in [0.2, 0.25) is 5.15 Å². The van der Waals surface area contributed by atoms with E-state index in [1.165, 1.54) is 0 Å². The smallest absolute Gasteiger partial charge is 0.159 e. The lowest BCUT2D eigenvalue weighted by Crippen LogP contribution is -2.48. The lowest BCUT2D eigenvalue weighted by molar-refractivity contribution is -0.0235. The Hall–Kier alpha value is -1.46. The molecule has 2 aromatic rings. The summed E-state index contributed by atoms with van der Waals surface area (Å²) in [5, 5.41) is 23.0. The number of anilines is 1. The topological polar surface area (TPSA) is 70.9 Å². The standard InChI is InChI=1S/C12H13ClN4O/c1-12(18)4-7(5-12)15-11-9-6-14-3-2-8(9)10(13)16-17-11/h2-3,6-7,18H,4-5H2,1H3,(H,15,17)/t7-,12+. The fraction of sp³-hybridized carbons (Fsp3) is 0.417. The molecular weight excluding hydrogens is 252 g/mol. The fourth-order valence-corrected chi connectivity index (χ4v) is 2.57. The molecule has 18 heavy (non-hydrogen) atoms. The van der Waals surface area contributed by atoms with E-state index < -0.39 is 5.60 Å². The predicted octanol–water partition coefficient (Wildman–Crippen LogP) is 2.00. The molecule has 1 fully saturated rings. The second-order valence-electron chi connectivity index (χ2n) is 5.01. The maximum absolute atomic E-state index is 9.71. The number of hydrogen-bond acceptors (Lipinski definition) is 5. The van der Waals surface area contributed by atoms with Gasteiger partial charge in [-0.2, -0.15) is 0 Å². The van der Waals surface area contributed by atoms with Crippen LogP contribution in [0.5, 0.6) is 0 Å². The Bertz CT molecular complexity index is 594. The Labute approximate surface area is 109 Å². The van der Waals surface area contributed by atoms with Crippen molar-refractivity contribution in [1.82, 2.24) is 15.2 Å². The summed E-state index contributed by atoms with van der Waals surface area (Å²) in [5.74, 6) is 0.669. The van der Waals surface area contributed by atoms with E-state index in [4.69, 9.17) is 11.6 Å². The van der Waals surface area contributed by atoms with E-state index in [0.717, 1.165) is 10.8 Å². The molecule has 2 N–H and O–H groups in total. The third kappa shape index (κ3) is 2.00. The number of rotatable bonds is 2. The minimum Gasteiger partial charge on any atom is -0.390 e. The van der Waals surface area contributed by atoms with Gasteiger partial charge in [0.25, 0.3) is 0 Å². The van der Waals surface area contributed by atoms with Gasteiger partial charge in [-0.25, -0.2) is 0 Å². The molecule has 0 bridgehead atoms. The summed E-state index contributed by atoms with van der Waals surface area (Å²) in [6, 6.07) is 2.04. The van der Waals surface area contributed by atoms with Crippen molar-refractivity contribution in [1.29, 1.82) is 0 Å². The first-order valence-corrected chi connectivity index (χ1v) is 6.18. The van der Waals surface area contributed by atoms with Crippen LogP contribution in [-0.2, 0) is 0 Å². The number of pyridine rings is 1. The van der Waals surface area contributed by atoms with Gasteiger partial charge in [-0.3, -0.25) is 4.98 Å². The highest BCUT2D eigenvalue weighted by molar-refractivity contribution is 6.34. The summed E-state index contributed by atoms with van der Waals surface area (Å²) in [7, 11) is 0. The average molecular weight is 265 g/mol. The van der Waals surface area contributed by atoms with Crippen molar-refractivity contribution in [3.8, 4) is 0 Å². The van der Waals surface area contributed by atoms with Crippen LogP contribution in [0.3, 0.4) is 0 Å². The molecule has 6 heteroatoms. The Kier molecular flexibility index (Phi) is 2.60. The van der Waals surface area contributed by atoms with Crippen molar-refractivity contribution < 1.29 is 5.11 Å². The molecule has 2 heterocycles. The molecule has 0 radical (unpaired) electrons. The van der Waals surface area contributed by atoms with Crippen molar-refractivity contribution in [2.75, 3.05) is 5.32 Å². The van der Waals surface area contributed by atoms with Gasteiger partial charge >= 0.3 is 0 Å². The van der Waals surface area contributed by atoms with Crippen molar-refractivity contribution in [3.63, 3.8) is 0 Å². The number of hydrogen-bond donors (Lipinski definition) is 2. The van der Waals surface area contributed by atoms with Gasteiger partial charge in [-0.15, -0.1) is 10.2 Å². The number of aromatic nitrogens is 3. The molecule has 0 amide bonds. The van der Waals surface area contributed by atoms with Gasteiger partial charge in [0.2, 0.25) is 0 Å². The number of aliphatic hydroxyl groups is 1. The van der Waals surface area contributed by atoms with Gasteiger partial charge in [-0.05, 0) is 25.8 Å². The van der Waals surface area contributed by atoms with Crippen molar-refractivity contribution in [3.05, 3.63) is 23.6 Å². The quantitative estimate of drug-likeness (QED) is 0.868. The Morgan fingerprint density at radius 1 is 1.39 bits per heavy atom. The number of nitrogens with zero attached hydrogens (tertiary/aromatic N) is 3. The number of nitrogens with one attached hydrogen (secondary N) is 1. The molecule has 0 saturated heterocycles. The third-order valence-electron chi connectivity index (χ3n) is 3.25. The molecule has 1 aliphatic rings. The van der Waals surface area contributed by atoms with Crippen LogP contribution in [0.15, 0.2) is 18.5 Å². The Morgan fingerprint density at radius 3 is 2.89 bits per heavy atom. The highest BCUT2D eigenvalue weighted by Crippen LogP contribution is 2.35. The molecule has 0 aliphatic heterocycles. The summed E-state index contributed by atoms with van der Waals surface area (Å²) < 4.78 is 0. The zero-order chi connectivity index (χ0) is 12.8. The molecule has 0 unspecified atom stereocenters. The zero-order valence-corrected chi connectivity index (χ0v) is 10.6. The molecule has 5 nitrogen and oxygen atoms in total. The minimum absolute atomic E-state index is 0.221. The predicted molar refractivity (Wildman–Crippen MR) is 69.6 cm³/mol. The average Bonchev–Trinajstić information content (AvgIpc) is 2.31. The molecule has 3 rings (SSSR count). The van der Waals surface area contributed by atoms with E-state index in [-0.39, 0.29) is 6.04 Å². The van der Waals surface area contributed by atoms with E-state index in [1.54, 1.807) is 12.4 Å². The van der Waals surface area contributed by atoms with Gasteiger partial charge in [0.05, 0.1) is 5.60 Å². The van der Waals surface area contributed by atoms with Crippen LogP contribution < -0.4 is 5.32 Å².